The molecule has 0 aliphatic heterocycles. The van der Waals surface area contributed by atoms with Crippen LogP contribution in [0.1, 0.15) is 0 Å². The number of hydrogen-bond donors (Lipinski definition) is 0. The second kappa shape index (κ2) is 5.14. The van der Waals surface area contributed by atoms with Crippen LogP contribution in [0, 0.1) is 0 Å². The Labute approximate surface area is 128 Å². The maximum Gasteiger partial charge on any atom is 0.336 e. The summed E-state index contributed by atoms with van der Waals surface area (Å²) in [6.07, 6.45) is 0. The van der Waals surface area contributed by atoms with Crippen LogP contribution in [-0.2, 0) is 0 Å². The van der Waals surface area contributed by atoms with Crippen LogP contribution in [0.4, 0.5) is 0 Å². The normalized spacial score (nSPS) is 11.0. The van der Waals surface area contributed by atoms with Crippen LogP contribution >= 0.6 is 0 Å². The minimum atomic E-state index is -0.647. The molecule has 0 amide bonds. The first-order valence-electron chi connectivity index (χ1n) is 6.94. The van der Waals surface area contributed by atoms with Crippen LogP contribution < -0.4 is 11.3 Å². The molecule has 4 rings (SSSR count). The molecular weight excluding hydrogens is 296 g/mol. The standard InChI is InChI=1S/C18H10O5/c19-16-9-10-17(20)23-18-12-6-5-11-3-1-2-4-13(11)21-14(12)7-8-15(18)22-16/h1-10H. The van der Waals surface area contributed by atoms with Crippen molar-refractivity contribution >= 4 is 33.1 Å². The predicted molar refractivity (Wildman–Crippen MR) is 85.9 cm³/mol. The first kappa shape index (κ1) is 13.3. The van der Waals surface area contributed by atoms with Gasteiger partial charge in [-0.1, -0.05) is 24.3 Å². The van der Waals surface area contributed by atoms with Crippen molar-refractivity contribution in [3.8, 4) is 0 Å². The lowest BCUT2D eigenvalue weighted by Gasteiger charge is -1.96. The smallest absolute Gasteiger partial charge is 0.336 e. The zero-order valence-corrected chi connectivity index (χ0v) is 11.8. The maximum atomic E-state index is 11.8. The molecule has 0 bridgehead atoms. The van der Waals surface area contributed by atoms with Gasteiger partial charge in [0.25, 0.3) is 0 Å². The van der Waals surface area contributed by atoms with Crippen molar-refractivity contribution in [1.82, 2.24) is 0 Å². The van der Waals surface area contributed by atoms with Gasteiger partial charge in [0.2, 0.25) is 0 Å². The molecule has 2 heterocycles. The molecular formula is C18H10O5. The van der Waals surface area contributed by atoms with E-state index in [0.29, 0.717) is 16.6 Å². The Kier molecular flexibility index (Phi) is 2.98. The molecule has 0 unspecified atom stereocenters. The molecule has 0 aliphatic carbocycles. The van der Waals surface area contributed by atoms with Gasteiger partial charge in [-0.25, -0.2) is 9.59 Å². The predicted octanol–water partition coefficient (Wildman–Crippen LogP) is 3.77. The van der Waals surface area contributed by atoms with Gasteiger partial charge in [-0.2, -0.15) is 0 Å². The molecule has 0 atom stereocenters. The zero-order valence-electron chi connectivity index (χ0n) is 11.8. The average molecular weight is 306 g/mol. The molecule has 112 valence electrons. The summed E-state index contributed by atoms with van der Waals surface area (Å²) < 4.78 is 16.4. The van der Waals surface area contributed by atoms with Gasteiger partial charge in [0.05, 0.1) is 5.39 Å². The van der Waals surface area contributed by atoms with E-state index in [1.165, 1.54) is 0 Å². The third-order valence-electron chi connectivity index (χ3n) is 3.46. The lowest BCUT2D eigenvalue weighted by atomic mass is 10.2. The van der Waals surface area contributed by atoms with Crippen LogP contribution in [0.5, 0.6) is 0 Å². The van der Waals surface area contributed by atoms with Crippen LogP contribution in [0.2, 0.25) is 0 Å². The highest BCUT2D eigenvalue weighted by atomic mass is 16.4. The number of rotatable bonds is 0. The van der Waals surface area contributed by atoms with Crippen LogP contribution in [-0.4, -0.2) is 0 Å². The maximum absolute atomic E-state index is 11.8. The van der Waals surface area contributed by atoms with E-state index in [4.69, 9.17) is 13.3 Å². The molecule has 0 N–H and O–H groups in total. The molecule has 0 spiro atoms. The summed E-state index contributed by atoms with van der Waals surface area (Å²) >= 11 is 0. The highest BCUT2D eigenvalue weighted by molar-refractivity contribution is 6.00. The molecule has 0 aliphatic rings. The van der Waals surface area contributed by atoms with Gasteiger partial charge in [0.15, 0.2) is 11.2 Å². The second-order valence-corrected chi connectivity index (χ2v) is 4.95. The summed E-state index contributed by atoms with van der Waals surface area (Å²) in [7, 11) is 0. The summed E-state index contributed by atoms with van der Waals surface area (Å²) in [4.78, 5) is 23.3. The summed E-state index contributed by atoms with van der Waals surface area (Å²) in [5.41, 5.74) is 0.255. The van der Waals surface area contributed by atoms with Gasteiger partial charge in [0, 0.05) is 17.5 Å². The number of para-hydroxylation sites is 1. The van der Waals surface area contributed by atoms with Crippen molar-refractivity contribution in [3.63, 3.8) is 0 Å². The Hall–Kier alpha value is -3.34. The van der Waals surface area contributed by atoms with Gasteiger partial charge in [-0.15, -0.1) is 0 Å². The van der Waals surface area contributed by atoms with Gasteiger partial charge >= 0.3 is 11.3 Å². The highest BCUT2D eigenvalue weighted by Gasteiger charge is 2.06. The SMILES string of the molecule is O=c1ccc(=O)oc2c(ccc3oc4ccccc4ccc32)o1. The molecule has 0 radical (unpaired) electrons. The topological polar surface area (TPSA) is 73.6 Å². The van der Waals surface area contributed by atoms with Gasteiger partial charge in [-0.05, 0) is 24.3 Å². The molecule has 2 aromatic heterocycles. The van der Waals surface area contributed by atoms with Crippen molar-refractivity contribution in [2.75, 3.05) is 0 Å². The Morgan fingerprint density at radius 2 is 1.30 bits per heavy atom. The number of hydrogen-bond acceptors (Lipinski definition) is 5. The zero-order chi connectivity index (χ0) is 15.8. The molecule has 0 fully saturated rings. The molecule has 4 aromatic rings. The summed E-state index contributed by atoms with van der Waals surface area (Å²) in [5.74, 6) is 0. The van der Waals surface area contributed by atoms with Gasteiger partial charge in [-0.3, -0.25) is 0 Å². The van der Waals surface area contributed by atoms with E-state index in [1.807, 2.05) is 30.3 Å². The van der Waals surface area contributed by atoms with E-state index in [-0.39, 0.29) is 11.2 Å². The minimum absolute atomic E-state index is 0.161. The van der Waals surface area contributed by atoms with Crippen LogP contribution in [0.15, 0.2) is 83.5 Å². The van der Waals surface area contributed by atoms with Crippen LogP contribution in [0.25, 0.3) is 33.1 Å². The van der Waals surface area contributed by atoms with Crippen molar-refractivity contribution in [1.29, 1.82) is 0 Å². The van der Waals surface area contributed by atoms with Crippen LogP contribution in [0.3, 0.4) is 0 Å². The van der Waals surface area contributed by atoms with Crippen molar-refractivity contribution < 1.29 is 13.3 Å². The Balaban J connectivity index is 2.29. The van der Waals surface area contributed by atoms with E-state index in [0.717, 1.165) is 17.5 Å². The highest BCUT2D eigenvalue weighted by Crippen LogP contribution is 2.25. The molecule has 0 saturated heterocycles. The van der Waals surface area contributed by atoms with Gasteiger partial charge in [0.1, 0.15) is 11.2 Å². The molecule has 0 saturated carbocycles. The third-order valence-corrected chi connectivity index (χ3v) is 3.46. The quantitative estimate of drug-likeness (QED) is 0.494. The number of benzene rings is 2. The summed E-state index contributed by atoms with van der Waals surface area (Å²) in [5, 5.41) is 1.43. The molecule has 5 heteroatoms. The summed E-state index contributed by atoms with van der Waals surface area (Å²) in [6, 6.07) is 16.4. The molecule has 23 heavy (non-hydrogen) atoms. The van der Waals surface area contributed by atoms with E-state index in [1.54, 1.807) is 18.2 Å². The number of fused-ring (bicyclic) bond motifs is 4. The van der Waals surface area contributed by atoms with E-state index < -0.39 is 11.3 Å². The van der Waals surface area contributed by atoms with E-state index >= 15 is 0 Å². The fraction of sp³-hybridized carbons (Fsp3) is 0. The monoisotopic (exact) mass is 306 g/mol. The Morgan fingerprint density at radius 3 is 2.17 bits per heavy atom. The lowest BCUT2D eigenvalue weighted by Crippen LogP contribution is -1.99. The van der Waals surface area contributed by atoms with Gasteiger partial charge < -0.3 is 13.3 Å². The molecule has 5 nitrogen and oxygen atoms in total. The van der Waals surface area contributed by atoms with Crippen molar-refractivity contribution in [2.24, 2.45) is 0 Å². The third kappa shape index (κ3) is 2.38. The first-order chi connectivity index (χ1) is 11.2. The Morgan fingerprint density at radius 1 is 0.565 bits per heavy atom. The second-order valence-electron chi connectivity index (χ2n) is 4.95. The fourth-order valence-electron chi connectivity index (χ4n) is 2.41. The van der Waals surface area contributed by atoms with E-state index in [9.17, 15) is 9.59 Å². The Bertz CT molecular complexity index is 1210. The van der Waals surface area contributed by atoms with Crippen molar-refractivity contribution in [2.45, 2.75) is 0 Å². The minimum Gasteiger partial charge on any atom is -0.456 e. The van der Waals surface area contributed by atoms with E-state index in [2.05, 4.69) is 0 Å². The summed E-state index contributed by atoms with van der Waals surface area (Å²) in [6.45, 7) is 0. The fourth-order valence-corrected chi connectivity index (χ4v) is 2.41. The van der Waals surface area contributed by atoms with Crippen molar-refractivity contribution in [3.05, 3.63) is 81.5 Å². The lowest BCUT2D eigenvalue weighted by molar-refractivity contribution is 0.521. The largest absolute Gasteiger partial charge is 0.456 e. The first-order valence-corrected chi connectivity index (χ1v) is 6.94. The molecule has 2 aromatic carbocycles. The average Bonchev–Trinajstić information content (AvgIpc) is 2.73.